The fourth-order valence-corrected chi connectivity index (χ4v) is 2.25. The van der Waals surface area contributed by atoms with E-state index in [9.17, 15) is 0 Å². The molecule has 0 spiro atoms. The number of nitrogens with zero attached hydrogens (tertiary/aromatic N) is 2. The van der Waals surface area contributed by atoms with Gasteiger partial charge in [0.25, 0.3) is 0 Å². The molecule has 1 heterocycles. The monoisotopic (exact) mass is 246 g/mol. The molecule has 0 atom stereocenters. The second-order valence-electron chi connectivity index (χ2n) is 4.07. The number of fused-ring (bicyclic) bond motifs is 1. The zero-order valence-electron chi connectivity index (χ0n) is 9.19. The largest absolute Gasteiger partial charge is 0.437 e. The number of hydrogen-bond donors (Lipinski definition) is 0. The van der Waals surface area contributed by atoms with Gasteiger partial charge in [-0.3, -0.25) is 4.98 Å². The van der Waals surface area contributed by atoms with Crippen LogP contribution in [0.25, 0.3) is 0 Å². The lowest BCUT2D eigenvalue weighted by molar-refractivity contribution is 0.459. The molecule has 0 aliphatic heterocycles. The SMILES string of the molecule is Clc1cncc(Oc2ccc3c(c2)CCC3)n1. The van der Waals surface area contributed by atoms with Gasteiger partial charge in [0.2, 0.25) is 5.88 Å². The molecule has 17 heavy (non-hydrogen) atoms. The lowest BCUT2D eigenvalue weighted by Crippen LogP contribution is -1.91. The quantitative estimate of drug-likeness (QED) is 0.815. The summed E-state index contributed by atoms with van der Waals surface area (Å²) in [4.78, 5) is 7.98. The fraction of sp³-hybridized carbons (Fsp3) is 0.231. The van der Waals surface area contributed by atoms with Gasteiger partial charge in [-0.1, -0.05) is 17.7 Å². The summed E-state index contributed by atoms with van der Waals surface area (Å²) in [7, 11) is 0. The molecule has 1 aliphatic carbocycles. The van der Waals surface area contributed by atoms with Gasteiger partial charge in [0, 0.05) is 0 Å². The molecule has 3 nitrogen and oxygen atoms in total. The maximum atomic E-state index is 5.75. The molecule has 1 aromatic carbocycles. The van der Waals surface area contributed by atoms with Gasteiger partial charge in [0.15, 0.2) is 5.15 Å². The molecule has 0 amide bonds. The summed E-state index contributed by atoms with van der Waals surface area (Å²) in [5, 5.41) is 0.337. The Hall–Kier alpha value is -1.61. The van der Waals surface area contributed by atoms with Crippen molar-refractivity contribution in [2.75, 3.05) is 0 Å². The van der Waals surface area contributed by atoms with E-state index in [0.29, 0.717) is 11.0 Å². The number of hydrogen-bond acceptors (Lipinski definition) is 3. The smallest absolute Gasteiger partial charge is 0.239 e. The van der Waals surface area contributed by atoms with Crippen LogP contribution in [0.1, 0.15) is 17.5 Å². The first-order chi connectivity index (χ1) is 8.31. The Labute approximate surface area is 104 Å². The summed E-state index contributed by atoms with van der Waals surface area (Å²) in [5.74, 6) is 1.22. The zero-order chi connectivity index (χ0) is 11.7. The first-order valence-corrected chi connectivity index (χ1v) is 5.96. The third kappa shape index (κ3) is 2.24. The van der Waals surface area contributed by atoms with Crippen molar-refractivity contribution in [1.82, 2.24) is 9.97 Å². The molecule has 4 heteroatoms. The Morgan fingerprint density at radius 3 is 2.88 bits per heavy atom. The van der Waals surface area contributed by atoms with Crippen LogP contribution in [0, 0.1) is 0 Å². The van der Waals surface area contributed by atoms with E-state index in [-0.39, 0.29) is 0 Å². The third-order valence-electron chi connectivity index (χ3n) is 2.88. The molecule has 2 aromatic rings. The Morgan fingerprint density at radius 2 is 2.00 bits per heavy atom. The van der Waals surface area contributed by atoms with E-state index >= 15 is 0 Å². The Morgan fingerprint density at radius 1 is 1.12 bits per heavy atom. The van der Waals surface area contributed by atoms with E-state index in [0.717, 1.165) is 12.2 Å². The van der Waals surface area contributed by atoms with Crippen LogP contribution in [0.5, 0.6) is 11.6 Å². The molecule has 3 rings (SSSR count). The number of aromatic nitrogens is 2. The molecule has 0 saturated heterocycles. The van der Waals surface area contributed by atoms with Crippen LogP contribution in [-0.4, -0.2) is 9.97 Å². The van der Waals surface area contributed by atoms with E-state index < -0.39 is 0 Å². The van der Waals surface area contributed by atoms with Crippen molar-refractivity contribution in [1.29, 1.82) is 0 Å². The molecule has 0 N–H and O–H groups in total. The predicted octanol–water partition coefficient (Wildman–Crippen LogP) is 3.41. The second-order valence-corrected chi connectivity index (χ2v) is 4.45. The van der Waals surface area contributed by atoms with Gasteiger partial charge in [-0.25, -0.2) is 0 Å². The van der Waals surface area contributed by atoms with Crippen LogP contribution in [-0.2, 0) is 12.8 Å². The van der Waals surface area contributed by atoms with Crippen LogP contribution >= 0.6 is 11.6 Å². The topological polar surface area (TPSA) is 35.0 Å². The minimum Gasteiger partial charge on any atom is -0.437 e. The Bertz CT molecular complexity index is 557. The Kier molecular flexibility index (Phi) is 2.69. The average Bonchev–Trinajstić information content (AvgIpc) is 2.76. The number of aryl methyl sites for hydroxylation is 2. The van der Waals surface area contributed by atoms with Gasteiger partial charge in [0.05, 0.1) is 12.4 Å². The van der Waals surface area contributed by atoms with Crippen molar-refractivity contribution >= 4 is 11.6 Å². The van der Waals surface area contributed by atoms with Crippen molar-refractivity contribution in [3.63, 3.8) is 0 Å². The summed E-state index contributed by atoms with van der Waals surface area (Å²) in [5.41, 5.74) is 2.80. The van der Waals surface area contributed by atoms with Crippen molar-refractivity contribution in [3.05, 3.63) is 46.9 Å². The third-order valence-corrected chi connectivity index (χ3v) is 3.06. The fourth-order valence-electron chi connectivity index (χ4n) is 2.11. The number of halogens is 1. The lowest BCUT2D eigenvalue weighted by Gasteiger charge is -2.06. The Balaban J connectivity index is 1.86. The second kappa shape index (κ2) is 4.34. The van der Waals surface area contributed by atoms with Crippen LogP contribution in [0.4, 0.5) is 0 Å². The highest BCUT2D eigenvalue weighted by atomic mass is 35.5. The molecule has 86 valence electrons. The van der Waals surface area contributed by atoms with Crippen molar-refractivity contribution in [2.24, 2.45) is 0 Å². The van der Waals surface area contributed by atoms with Gasteiger partial charge < -0.3 is 4.74 Å². The first kappa shape index (κ1) is 10.5. The van der Waals surface area contributed by atoms with Crippen LogP contribution in [0.15, 0.2) is 30.6 Å². The van der Waals surface area contributed by atoms with Crippen LogP contribution in [0.3, 0.4) is 0 Å². The van der Waals surface area contributed by atoms with Gasteiger partial charge in [0.1, 0.15) is 5.75 Å². The van der Waals surface area contributed by atoms with Crippen molar-refractivity contribution in [3.8, 4) is 11.6 Å². The highest BCUT2D eigenvalue weighted by Crippen LogP contribution is 2.28. The first-order valence-electron chi connectivity index (χ1n) is 5.58. The summed E-state index contributed by atoms with van der Waals surface area (Å²) in [6, 6.07) is 6.16. The summed E-state index contributed by atoms with van der Waals surface area (Å²) < 4.78 is 5.63. The molecular weight excluding hydrogens is 236 g/mol. The van der Waals surface area contributed by atoms with E-state index in [2.05, 4.69) is 22.1 Å². The maximum Gasteiger partial charge on any atom is 0.239 e. The average molecular weight is 247 g/mol. The van der Waals surface area contributed by atoms with E-state index in [1.807, 2.05) is 6.07 Å². The standard InChI is InChI=1S/C13H11ClN2O/c14-12-7-15-8-13(16-12)17-11-5-4-9-2-1-3-10(9)6-11/h4-8H,1-3H2. The van der Waals surface area contributed by atoms with Crippen LogP contribution < -0.4 is 4.74 Å². The molecule has 0 fully saturated rings. The summed E-state index contributed by atoms with van der Waals surface area (Å²) in [6.45, 7) is 0. The molecule has 1 aliphatic rings. The van der Waals surface area contributed by atoms with E-state index in [1.54, 1.807) is 6.20 Å². The van der Waals surface area contributed by atoms with Gasteiger partial charge in [-0.15, -0.1) is 0 Å². The van der Waals surface area contributed by atoms with Gasteiger partial charge in [-0.2, -0.15) is 4.98 Å². The predicted molar refractivity (Wildman–Crippen MR) is 65.6 cm³/mol. The molecule has 0 radical (unpaired) electrons. The van der Waals surface area contributed by atoms with Crippen LogP contribution in [0.2, 0.25) is 5.15 Å². The number of rotatable bonds is 2. The molecule has 1 aromatic heterocycles. The minimum absolute atomic E-state index is 0.337. The van der Waals surface area contributed by atoms with Gasteiger partial charge in [-0.05, 0) is 42.5 Å². The highest BCUT2D eigenvalue weighted by Gasteiger charge is 2.11. The van der Waals surface area contributed by atoms with Gasteiger partial charge >= 0.3 is 0 Å². The van der Waals surface area contributed by atoms with E-state index in [4.69, 9.17) is 16.3 Å². The number of ether oxygens (including phenoxy) is 1. The normalized spacial score (nSPS) is 13.5. The molecule has 0 saturated carbocycles. The minimum atomic E-state index is 0.337. The molecule has 0 unspecified atom stereocenters. The van der Waals surface area contributed by atoms with E-state index in [1.165, 1.54) is 30.2 Å². The van der Waals surface area contributed by atoms with Crippen molar-refractivity contribution in [2.45, 2.75) is 19.3 Å². The summed E-state index contributed by atoms with van der Waals surface area (Å²) >= 11 is 5.75. The summed E-state index contributed by atoms with van der Waals surface area (Å²) in [6.07, 6.45) is 6.58. The maximum absolute atomic E-state index is 5.75. The highest BCUT2D eigenvalue weighted by molar-refractivity contribution is 6.29. The zero-order valence-corrected chi connectivity index (χ0v) is 9.94. The number of benzene rings is 1. The lowest BCUT2D eigenvalue weighted by atomic mass is 10.1. The molecule has 0 bridgehead atoms. The van der Waals surface area contributed by atoms with Crippen molar-refractivity contribution < 1.29 is 4.74 Å². The molecular formula is C13H11ClN2O.